The maximum absolute atomic E-state index is 11.9. The van der Waals surface area contributed by atoms with Gasteiger partial charge >= 0.3 is 0 Å². The van der Waals surface area contributed by atoms with E-state index in [1.165, 1.54) is 37.7 Å². The minimum Gasteiger partial charge on any atom is -0.484 e. The van der Waals surface area contributed by atoms with Crippen LogP contribution < -0.4 is 10.1 Å². The second-order valence-corrected chi connectivity index (χ2v) is 5.71. The van der Waals surface area contributed by atoms with E-state index in [1.807, 2.05) is 31.2 Å². The number of rotatable bonds is 4. The Hall–Kier alpha value is -1.51. The minimum atomic E-state index is -0.00357. The Morgan fingerprint density at radius 1 is 1.10 bits per heavy atom. The van der Waals surface area contributed by atoms with E-state index in [-0.39, 0.29) is 12.5 Å². The summed E-state index contributed by atoms with van der Waals surface area (Å²) in [6.07, 6.45) is 8.61. The molecule has 1 N–H and O–H groups in total. The lowest BCUT2D eigenvalue weighted by Gasteiger charge is -2.21. The zero-order valence-corrected chi connectivity index (χ0v) is 12.4. The van der Waals surface area contributed by atoms with Crippen LogP contribution in [0.5, 0.6) is 5.75 Å². The number of ether oxygens (including phenoxy) is 1. The van der Waals surface area contributed by atoms with Gasteiger partial charge in [0.25, 0.3) is 5.91 Å². The highest BCUT2D eigenvalue weighted by Gasteiger charge is 2.14. The number of amides is 1. The van der Waals surface area contributed by atoms with Gasteiger partial charge in [0.1, 0.15) is 5.75 Å². The molecule has 1 aliphatic carbocycles. The van der Waals surface area contributed by atoms with Crippen molar-refractivity contribution in [3.05, 3.63) is 29.8 Å². The summed E-state index contributed by atoms with van der Waals surface area (Å²) in [6.45, 7) is 2.14. The van der Waals surface area contributed by atoms with E-state index >= 15 is 0 Å². The van der Waals surface area contributed by atoms with Gasteiger partial charge in [-0.2, -0.15) is 0 Å². The van der Waals surface area contributed by atoms with Gasteiger partial charge in [0, 0.05) is 6.04 Å². The third-order valence-electron chi connectivity index (χ3n) is 3.86. The lowest BCUT2D eigenvalue weighted by atomic mass is 9.97. The smallest absolute Gasteiger partial charge is 0.258 e. The van der Waals surface area contributed by atoms with Crippen molar-refractivity contribution in [1.82, 2.24) is 5.32 Å². The van der Waals surface area contributed by atoms with Gasteiger partial charge < -0.3 is 10.1 Å². The summed E-state index contributed by atoms with van der Waals surface area (Å²) in [6, 6.07) is 8.12. The first-order chi connectivity index (χ1) is 9.74. The standard InChI is InChI=1S/C17H25NO2/c1-14-9-11-16(12-10-14)20-13-17(19)18-15-7-5-3-2-4-6-8-15/h9-12,15H,2-8,13H2,1H3,(H,18,19). The van der Waals surface area contributed by atoms with Crippen molar-refractivity contribution >= 4 is 5.91 Å². The summed E-state index contributed by atoms with van der Waals surface area (Å²) >= 11 is 0. The SMILES string of the molecule is Cc1ccc(OCC(=O)NC2CCCCCCC2)cc1. The monoisotopic (exact) mass is 275 g/mol. The van der Waals surface area contributed by atoms with Gasteiger partial charge in [-0.15, -0.1) is 0 Å². The molecule has 1 aromatic rings. The van der Waals surface area contributed by atoms with Crippen molar-refractivity contribution < 1.29 is 9.53 Å². The lowest BCUT2D eigenvalue weighted by Crippen LogP contribution is -2.38. The van der Waals surface area contributed by atoms with Crippen LogP contribution in [0, 0.1) is 6.92 Å². The number of aryl methyl sites for hydroxylation is 1. The van der Waals surface area contributed by atoms with Crippen LogP contribution in [0.3, 0.4) is 0 Å². The molecule has 0 radical (unpaired) electrons. The van der Waals surface area contributed by atoms with Gasteiger partial charge in [0.15, 0.2) is 6.61 Å². The van der Waals surface area contributed by atoms with Crippen molar-refractivity contribution in [3.8, 4) is 5.75 Å². The highest BCUT2D eigenvalue weighted by atomic mass is 16.5. The predicted octanol–water partition coefficient (Wildman–Crippen LogP) is 3.60. The Labute approximate surface area is 121 Å². The largest absolute Gasteiger partial charge is 0.484 e. The Morgan fingerprint density at radius 2 is 1.70 bits per heavy atom. The molecule has 0 bridgehead atoms. The molecule has 3 nitrogen and oxygen atoms in total. The molecule has 20 heavy (non-hydrogen) atoms. The van der Waals surface area contributed by atoms with Crippen molar-refractivity contribution in [3.63, 3.8) is 0 Å². The average molecular weight is 275 g/mol. The molecule has 1 fully saturated rings. The van der Waals surface area contributed by atoms with Crippen LogP contribution in [-0.2, 0) is 4.79 Å². The highest BCUT2D eigenvalue weighted by molar-refractivity contribution is 5.77. The van der Waals surface area contributed by atoms with Crippen LogP contribution in [0.2, 0.25) is 0 Å². The topological polar surface area (TPSA) is 38.3 Å². The molecular formula is C17H25NO2. The Kier molecular flexibility index (Phi) is 5.90. The molecule has 0 aliphatic heterocycles. The Morgan fingerprint density at radius 3 is 2.35 bits per heavy atom. The molecule has 0 saturated heterocycles. The molecule has 0 atom stereocenters. The van der Waals surface area contributed by atoms with Gasteiger partial charge in [-0.05, 0) is 31.9 Å². The van der Waals surface area contributed by atoms with Crippen LogP contribution in [0.15, 0.2) is 24.3 Å². The number of carbonyl (C=O) groups is 1. The second kappa shape index (κ2) is 7.93. The Bertz CT molecular complexity index is 406. The molecule has 3 heteroatoms. The van der Waals surface area contributed by atoms with Gasteiger partial charge in [-0.1, -0.05) is 49.8 Å². The van der Waals surface area contributed by atoms with E-state index in [1.54, 1.807) is 0 Å². The van der Waals surface area contributed by atoms with Crippen LogP contribution >= 0.6 is 0 Å². The zero-order chi connectivity index (χ0) is 14.2. The van der Waals surface area contributed by atoms with Gasteiger partial charge in [0.2, 0.25) is 0 Å². The predicted molar refractivity (Wildman–Crippen MR) is 80.9 cm³/mol. The van der Waals surface area contributed by atoms with E-state index in [2.05, 4.69) is 5.32 Å². The van der Waals surface area contributed by atoms with E-state index in [0.29, 0.717) is 6.04 Å². The summed E-state index contributed by atoms with van der Waals surface area (Å²) in [4.78, 5) is 11.9. The molecule has 0 spiro atoms. The molecule has 0 heterocycles. The van der Waals surface area contributed by atoms with E-state index < -0.39 is 0 Å². The summed E-state index contributed by atoms with van der Waals surface area (Å²) in [5.41, 5.74) is 1.19. The normalized spacial score (nSPS) is 17.1. The van der Waals surface area contributed by atoms with Crippen LogP contribution in [0.25, 0.3) is 0 Å². The second-order valence-electron chi connectivity index (χ2n) is 5.71. The molecule has 0 aromatic heterocycles. The van der Waals surface area contributed by atoms with Crippen molar-refractivity contribution in [2.45, 2.75) is 57.9 Å². The first-order valence-electron chi connectivity index (χ1n) is 7.73. The van der Waals surface area contributed by atoms with Gasteiger partial charge in [-0.25, -0.2) is 0 Å². The maximum Gasteiger partial charge on any atom is 0.258 e. The molecule has 0 unspecified atom stereocenters. The van der Waals surface area contributed by atoms with Crippen molar-refractivity contribution in [1.29, 1.82) is 0 Å². The van der Waals surface area contributed by atoms with E-state index in [0.717, 1.165) is 18.6 Å². The number of benzene rings is 1. The number of nitrogens with one attached hydrogen (secondary N) is 1. The van der Waals surface area contributed by atoms with Crippen LogP contribution in [-0.4, -0.2) is 18.6 Å². The molecule has 2 rings (SSSR count). The summed E-state index contributed by atoms with van der Waals surface area (Å²) in [7, 11) is 0. The van der Waals surface area contributed by atoms with Gasteiger partial charge in [-0.3, -0.25) is 4.79 Å². The van der Waals surface area contributed by atoms with E-state index in [4.69, 9.17) is 4.74 Å². The summed E-state index contributed by atoms with van der Waals surface area (Å²) in [5.74, 6) is 0.750. The van der Waals surface area contributed by atoms with Crippen LogP contribution in [0.1, 0.15) is 50.5 Å². The maximum atomic E-state index is 11.9. The number of hydrogen-bond acceptors (Lipinski definition) is 2. The first-order valence-corrected chi connectivity index (χ1v) is 7.73. The summed E-state index contributed by atoms with van der Waals surface area (Å²) in [5, 5.41) is 3.10. The number of hydrogen-bond donors (Lipinski definition) is 1. The average Bonchev–Trinajstić information content (AvgIpc) is 2.41. The van der Waals surface area contributed by atoms with Crippen LogP contribution in [0.4, 0.5) is 0 Å². The molecule has 1 aromatic carbocycles. The molecular weight excluding hydrogens is 250 g/mol. The molecule has 1 amide bonds. The molecule has 110 valence electrons. The molecule has 1 saturated carbocycles. The fourth-order valence-corrected chi connectivity index (χ4v) is 2.65. The van der Waals surface area contributed by atoms with Crippen molar-refractivity contribution in [2.75, 3.05) is 6.61 Å². The molecule has 1 aliphatic rings. The fourth-order valence-electron chi connectivity index (χ4n) is 2.65. The quantitative estimate of drug-likeness (QED) is 0.911. The first kappa shape index (κ1) is 14.9. The van der Waals surface area contributed by atoms with Crippen molar-refractivity contribution in [2.24, 2.45) is 0 Å². The third-order valence-corrected chi connectivity index (χ3v) is 3.86. The number of carbonyl (C=O) groups excluding carboxylic acids is 1. The van der Waals surface area contributed by atoms with E-state index in [9.17, 15) is 4.79 Å². The third kappa shape index (κ3) is 5.24. The van der Waals surface area contributed by atoms with Gasteiger partial charge in [0.05, 0.1) is 0 Å². The lowest BCUT2D eigenvalue weighted by molar-refractivity contribution is -0.123. The Balaban J connectivity index is 1.72. The summed E-state index contributed by atoms with van der Waals surface area (Å²) < 4.78 is 5.51. The highest BCUT2D eigenvalue weighted by Crippen LogP contribution is 2.17. The zero-order valence-electron chi connectivity index (χ0n) is 12.4. The fraction of sp³-hybridized carbons (Fsp3) is 0.588. The minimum absolute atomic E-state index is 0.00357.